The van der Waals surface area contributed by atoms with Crippen molar-refractivity contribution in [3.63, 3.8) is 0 Å². The van der Waals surface area contributed by atoms with Gasteiger partial charge < -0.3 is 9.64 Å². The number of ether oxygens (including phenoxy) is 1. The van der Waals surface area contributed by atoms with Crippen LogP contribution in [0, 0.1) is 29.6 Å². The molecule has 0 heterocycles. The molecule has 1 saturated carbocycles. The number of allylic oxidation sites excluding steroid dienone is 1. The van der Waals surface area contributed by atoms with Gasteiger partial charge in [-0.05, 0) is 72.7 Å². The first-order valence-electron chi connectivity index (χ1n) is 10.2. The van der Waals surface area contributed by atoms with Crippen LogP contribution in [0.15, 0.2) is 48.0 Å². The number of hydrogen-bond acceptors (Lipinski definition) is 4. The van der Waals surface area contributed by atoms with Crippen molar-refractivity contribution >= 4 is 11.8 Å². The minimum Gasteiger partial charge on any atom is -0.473 e. The van der Waals surface area contributed by atoms with Crippen LogP contribution in [-0.2, 0) is 0 Å². The SMILES string of the molecule is Cc1cc(N(C)COc2ccc(C3CCCCC3)cc2)ccc1C=C(C#N)C#N. The average molecular weight is 386 g/mol. The maximum Gasteiger partial charge on any atom is 0.161 e. The van der Waals surface area contributed by atoms with Gasteiger partial charge in [0.2, 0.25) is 0 Å². The smallest absolute Gasteiger partial charge is 0.161 e. The highest BCUT2D eigenvalue weighted by atomic mass is 16.5. The molecule has 0 aromatic heterocycles. The molecule has 4 nitrogen and oxygen atoms in total. The fourth-order valence-electron chi connectivity index (χ4n) is 3.82. The summed E-state index contributed by atoms with van der Waals surface area (Å²) in [6.45, 7) is 2.42. The molecule has 2 aromatic carbocycles. The Morgan fingerprint density at radius 1 is 1.07 bits per heavy atom. The van der Waals surface area contributed by atoms with E-state index in [1.807, 2.05) is 49.2 Å². The van der Waals surface area contributed by atoms with Crippen LogP contribution in [0.2, 0.25) is 0 Å². The summed E-state index contributed by atoms with van der Waals surface area (Å²) < 4.78 is 5.96. The lowest BCUT2D eigenvalue weighted by Gasteiger charge is -2.23. The second-order valence-electron chi connectivity index (χ2n) is 7.70. The van der Waals surface area contributed by atoms with Gasteiger partial charge in [0, 0.05) is 12.7 Å². The molecule has 3 rings (SSSR count). The lowest BCUT2D eigenvalue weighted by molar-refractivity contribution is 0.320. The molecule has 0 atom stereocenters. The van der Waals surface area contributed by atoms with Gasteiger partial charge in [-0.2, -0.15) is 10.5 Å². The minimum atomic E-state index is 0.106. The highest BCUT2D eigenvalue weighted by molar-refractivity contribution is 5.66. The van der Waals surface area contributed by atoms with Crippen molar-refractivity contribution in [1.82, 2.24) is 0 Å². The third-order valence-corrected chi connectivity index (χ3v) is 5.62. The summed E-state index contributed by atoms with van der Waals surface area (Å²) in [6, 6.07) is 18.3. The molecule has 2 aromatic rings. The van der Waals surface area contributed by atoms with Gasteiger partial charge in [0.15, 0.2) is 6.73 Å². The van der Waals surface area contributed by atoms with Crippen molar-refractivity contribution in [3.05, 3.63) is 64.7 Å². The van der Waals surface area contributed by atoms with Gasteiger partial charge >= 0.3 is 0 Å². The predicted octanol–water partition coefficient (Wildman–Crippen LogP) is 5.95. The number of hydrogen-bond donors (Lipinski definition) is 0. The Balaban J connectivity index is 1.60. The molecule has 0 N–H and O–H groups in total. The van der Waals surface area contributed by atoms with Crippen molar-refractivity contribution in [2.75, 3.05) is 18.7 Å². The summed E-state index contributed by atoms with van der Waals surface area (Å²) >= 11 is 0. The van der Waals surface area contributed by atoms with Crippen molar-refractivity contribution in [1.29, 1.82) is 10.5 Å². The third-order valence-electron chi connectivity index (χ3n) is 5.62. The van der Waals surface area contributed by atoms with E-state index >= 15 is 0 Å². The Bertz CT molecular complexity index is 926. The highest BCUT2D eigenvalue weighted by Gasteiger charge is 2.15. The summed E-state index contributed by atoms with van der Waals surface area (Å²) in [5, 5.41) is 17.8. The van der Waals surface area contributed by atoms with E-state index in [0.717, 1.165) is 22.6 Å². The summed E-state index contributed by atoms with van der Waals surface area (Å²) in [6.07, 6.45) is 8.28. The second kappa shape index (κ2) is 9.80. The Morgan fingerprint density at radius 2 is 1.76 bits per heavy atom. The second-order valence-corrected chi connectivity index (χ2v) is 7.70. The van der Waals surface area contributed by atoms with E-state index in [9.17, 15) is 0 Å². The summed E-state index contributed by atoms with van der Waals surface area (Å²) in [5.41, 5.74) is 4.44. The Labute approximate surface area is 173 Å². The van der Waals surface area contributed by atoms with E-state index in [-0.39, 0.29) is 5.57 Å². The average Bonchev–Trinajstić information content (AvgIpc) is 2.77. The van der Waals surface area contributed by atoms with Crippen LogP contribution in [-0.4, -0.2) is 13.8 Å². The normalized spacial score (nSPS) is 13.8. The molecule has 1 aliphatic carbocycles. The number of rotatable bonds is 6. The summed E-state index contributed by atoms with van der Waals surface area (Å²) in [4.78, 5) is 2.03. The number of nitrogens with zero attached hydrogens (tertiary/aromatic N) is 3. The van der Waals surface area contributed by atoms with Crippen LogP contribution in [0.3, 0.4) is 0 Å². The first-order chi connectivity index (χ1) is 14.1. The van der Waals surface area contributed by atoms with E-state index < -0.39 is 0 Å². The first-order valence-corrected chi connectivity index (χ1v) is 10.2. The summed E-state index contributed by atoms with van der Waals surface area (Å²) in [7, 11) is 1.98. The zero-order valence-electron chi connectivity index (χ0n) is 17.2. The molecule has 4 heteroatoms. The largest absolute Gasteiger partial charge is 0.473 e. The first kappa shape index (κ1) is 20.5. The molecule has 148 valence electrons. The number of aryl methyl sites for hydroxylation is 1. The monoisotopic (exact) mass is 385 g/mol. The van der Waals surface area contributed by atoms with Crippen molar-refractivity contribution < 1.29 is 4.74 Å². The van der Waals surface area contributed by atoms with Gasteiger partial charge in [-0.3, -0.25) is 0 Å². The van der Waals surface area contributed by atoms with E-state index in [4.69, 9.17) is 15.3 Å². The molecule has 29 heavy (non-hydrogen) atoms. The van der Waals surface area contributed by atoms with Crippen molar-refractivity contribution in [2.24, 2.45) is 0 Å². The third kappa shape index (κ3) is 5.39. The van der Waals surface area contributed by atoms with E-state index in [1.54, 1.807) is 6.08 Å². The van der Waals surface area contributed by atoms with Crippen LogP contribution < -0.4 is 9.64 Å². The van der Waals surface area contributed by atoms with Gasteiger partial charge in [-0.1, -0.05) is 37.5 Å². The predicted molar refractivity (Wildman–Crippen MR) is 117 cm³/mol. The van der Waals surface area contributed by atoms with E-state index in [2.05, 4.69) is 24.3 Å². The fraction of sp³-hybridized carbons (Fsp3) is 0.360. The molecule has 0 unspecified atom stereocenters. The van der Waals surface area contributed by atoms with Crippen LogP contribution >= 0.6 is 0 Å². The fourth-order valence-corrected chi connectivity index (χ4v) is 3.82. The molecule has 0 bridgehead atoms. The molecular formula is C25H27N3O. The number of benzene rings is 2. The maximum atomic E-state index is 8.92. The Hall–Kier alpha value is -3.24. The zero-order valence-corrected chi connectivity index (χ0v) is 17.2. The van der Waals surface area contributed by atoms with Gasteiger partial charge in [-0.25, -0.2) is 0 Å². The van der Waals surface area contributed by atoms with Gasteiger partial charge in [0.05, 0.1) is 0 Å². The van der Waals surface area contributed by atoms with Gasteiger partial charge in [0.1, 0.15) is 23.5 Å². The molecule has 0 spiro atoms. The van der Waals surface area contributed by atoms with Crippen LogP contribution in [0.5, 0.6) is 5.75 Å². The molecule has 0 radical (unpaired) electrons. The maximum absolute atomic E-state index is 8.92. The number of nitriles is 2. The topological polar surface area (TPSA) is 60.0 Å². The molecule has 0 saturated heterocycles. The van der Waals surface area contributed by atoms with Crippen LogP contribution in [0.1, 0.15) is 54.7 Å². The molecule has 1 aliphatic rings. The number of anilines is 1. The van der Waals surface area contributed by atoms with Crippen molar-refractivity contribution in [3.8, 4) is 17.9 Å². The standard InChI is InChI=1S/C25H27N3O/c1-19-14-24(11-8-23(19)15-20(16-26)17-27)28(2)18-29-25-12-9-22(10-13-25)21-6-4-3-5-7-21/h8-15,21H,3-7,18H2,1-2H3. The molecule has 0 aliphatic heterocycles. The zero-order chi connectivity index (χ0) is 20.6. The quantitative estimate of drug-likeness (QED) is 0.456. The van der Waals surface area contributed by atoms with Crippen molar-refractivity contribution in [2.45, 2.75) is 44.9 Å². The molecule has 0 amide bonds. The van der Waals surface area contributed by atoms with Crippen LogP contribution in [0.25, 0.3) is 6.08 Å². The van der Waals surface area contributed by atoms with Gasteiger partial charge in [-0.15, -0.1) is 0 Å². The lowest BCUT2D eigenvalue weighted by Crippen LogP contribution is -2.23. The molecule has 1 fully saturated rings. The lowest BCUT2D eigenvalue weighted by atomic mass is 9.84. The van der Waals surface area contributed by atoms with E-state index in [0.29, 0.717) is 12.6 Å². The van der Waals surface area contributed by atoms with Gasteiger partial charge in [0.25, 0.3) is 0 Å². The Kier molecular flexibility index (Phi) is 6.93. The van der Waals surface area contributed by atoms with Crippen LogP contribution in [0.4, 0.5) is 5.69 Å². The highest BCUT2D eigenvalue weighted by Crippen LogP contribution is 2.33. The summed E-state index contributed by atoms with van der Waals surface area (Å²) in [5.74, 6) is 1.58. The molecular weight excluding hydrogens is 358 g/mol. The van der Waals surface area contributed by atoms with E-state index in [1.165, 1.54) is 37.7 Å². The minimum absolute atomic E-state index is 0.106. The Morgan fingerprint density at radius 3 is 2.38 bits per heavy atom.